The number of imidazole rings is 1. The SMILES string of the molecule is C[C@@H]1CN(C)c2ccccc2CN1C(=O)c1nccn2ccnc12. The van der Waals surface area contributed by atoms with E-state index in [1.54, 1.807) is 18.6 Å². The second-order valence-corrected chi connectivity index (χ2v) is 6.23. The fourth-order valence-electron chi connectivity index (χ4n) is 3.36. The number of benzene rings is 1. The third-order valence-electron chi connectivity index (χ3n) is 4.59. The number of hydrogen-bond donors (Lipinski definition) is 0. The molecule has 6 nitrogen and oxygen atoms in total. The molecule has 1 atom stereocenters. The molecular weight excluding hydrogens is 302 g/mol. The van der Waals surface area contributed by atoms with E-state index in [0.29, 0.717) is 17.9 Å². The van der Waals surface area contributed by atoms with E-state index in [2.05, 4.69) is 41.0 Å². The highest BCUT2D eigenvalue weighted by Crippen LogP contribution is 2.27. The molecule has 3 heterocycles. The van der Waals surface area contributed by atoms with E-state index in [-0.39, 0.29) is 11.9 Å². The summed E-state index contributed by atoms with van der Waals surface area (Å²) in [6.07, 6.45) is 6.95. The van der Waals surface area contributed by atoms with Gasteiger partial charge in [0.1, 0.15) is 0 Å². The van der Waals surface area contributed by atoms with Crippen molar-refractivity contribution in [3.8, 4) is 0 Å². The Bertz CT molecular complexity index is 903. The summed E-state index contributed by atoms with van der Waals surface area (Å²) >= 11 is 0. The molecule has 0 N–H and O–H groups in total. The molecule has 1 aliphatic rings. The van der Waals surface area contributed by atoms with Crippen molar-refractivity contribution < 1.29 is 4.79 Å². The lowest BCUT2D eigenvalue weighted by Crippen LogP contribution is -2.42. The number of aromatic nitrogens is 3. The van der Waals surface area contributed by atoms with Gasteiger partial charge in [0.25, 0.3) is 5.91 Å². The maximum Gasteiger partial charge on any atom is 0.276 e. The first kappa shape index (κ1) is 14.7. The predicted octanol–water partition coefficient (Wildman–Crippen LogP) is 2.21. The molecule has 1 amide bonds. The summed E-state index contributed by atoms with van der Waals surface area (Å²) in [5.74, 6) is -0.0793. The normalized spacial score (nSPS) is 17.7. The summed E-state index contributed by atoms with van der Waals surface area (Å²) in [5.41, 5.74) is 3.32. The summed E-state index contributed by atoms with van der Waals surface area (Å²) in [6, 6.07) is 8.30. The van der Waals surface area contributed by atoms with Gasteiger partial charge < -0.3 is 14.2 Å². The average Bonchev–Trinajstić information content (AvgIpc) is 3.03. The molecule has 24 heavy (non-hydrogen) atoms. The number of amides is 1. The number of anilines is 1. The zero-order valence-corrected chi connectivity index (χ0v) is 13.8. The van der Waals surface area contributed by atoms with Gasteiger partial charge in [0.05, 0.1) is 0 Å². The Labute approximate surface area is 140 Å². The first-order valence-electron chi connectivity index (χ1n) is 8.03. The topological polar surface area (TPSA) is 53.7 Å². The number of hydrogen-bond acceptors (Lipinski definition) is 4. The molecule has 0 radical (unpaired) electrons. The number of carbonyl (C=O) groups excluding carboxylic acids is 1. The average molecular weight is 321 g/mol. The smallest absolute Gasteiger partial charge is 0.276 e. The molecule has 1 aliphatic heterocycles. The number of rotatable bonds is 1. The van der Waals surface area contributed by atoms with Crippen LogP contribution in [0.25, 0.3) is 5.65 Å². The first-order valence-corrected chi connectivity index (χ1v) is 8.03. The Morgan fingerprint density at radius 1 is 1.17 bits per heavy atom. The first-order chi connectivity index (χ1) is 11.6. The van der Waals surface area contributed by atoms with E-state index in [1.807, 2.05) is 27.6 Å². The molecule has 2 aromatic heterocycles. The van der Waals surface area contributed by atoms with E-state index < -0.39 is 0 Å². The van der Waals surface area contributed by atoms with Crippen LogP contribution in [0.4, 0.5) is 5.69 Å². The minimum absolute atomic E-state index is 0.0759. The molecule has 1 aromatic carbocycles. The number of nitrogens with zero attached hydrogens (tertiary/aromatic N) is 5. The molecule has 4 rings (SSSR count). The largest absolute Gasteiger partial charge is 0.372 e. The lowest BCUT2D eigenvalue weighted by molar-refractivity contribution is 0.0682. The van der Waals surface area contributed by atoms with Crippen molar-refractivity contribution in [3.05, 3.63) is 60.3 Å². The van der Waals surface area contributed by atoms with Crippen LogP contribution >= 0.6 is 0 Å². The van der Waals surface area contributed by atoms with E-state index in [4.69, 9.17) is 0 Å². The predicted molar refractivity (Wildman–Crippen MR) is 92.0 cm³/mol. The second-order valence-electron chi connectivity index (χ2n) is 6.23. The number of fused-ring (bicyclic) bond motifs is 2. The highest BCUT2D eigenvalue weighted by Gasteiger charge is 2.29. The van der Waals surface area contributed by atoms with Crippen LogP contribution in [0, 0.1) is 0 Å². The maximum absolute atomic E-state index is 13.2. The number of carbonyl (C=O) groups is 1. The van der Waals surface area contributed by atoms with E-state index in [9.17, 15) is 4.79 Å². The van der Waals surface area contributed by atoms with Crippen LogP contribution in [0.2, 0.25) is 0 Å². The lowest BCUT2D eigenvalue weighted by Gasteiger charge is -2.28. The van der Waals surface area contributed by atoms with Gasteiger partial charge in [0, 0.05) is 56.7 Å². The monoisotopic (exact) mass is 321 g/mol. The van der Waals surface area contributed by atoms with Gasteiger partial charge in [-0.2, -0.15) is 0 Å². The summed E-state index contributed by atoms with van der Waals surface area (Å²) in [7, 11) is 2.07. The molecule has 0 bridgehead atoms. The second kappa shape index (κ2) is 5.63. The van der Waals surface area contributed by atoms with Crippen LogP contribution in [-0.2, 0) is 6.54 Å². The van der Waals surface area contributed by atoms with Crippen LogP contribution in [0.1, 0.15) is 23.0 Å². The fraction of sp³-hybridized carbons (Fsp3) is 0.278. The van der Waals surface area contributed by atoms with E-state index >= 15 is 0 Å². The minimum Gasteiger partial charge on any atom is -0.372 e. The van der Waals surface area contributed by atoms with Crippen molar-refractivity contribution in [2.24, 2.45) is 0 Å². The molecule has 3 aromatic rings. The Hall–Kier alpha value is -2.89. The summed E-state index contributed by atoms with van der Waals surface area (Å²) in [6.45, 7) is 3.43. The molecule has 6 heteroatoms. The zero-order chi connectivity index (χ0) is 16.7. The van der Waals surface area contributed by atoms with Crippen molar-refractivity contribution in [2.75, 3.05) is 18.5 Å². The summed E-state index contributed by atoms with van der Waals surface area (Å²) in [4.78, 5) is 25.9. The van der Waals surface area contributed by atoms with Crippen molar-refractivity contribution >= 4 is 17.2 Å². The zero-order valence-electron chi connectivity index (χ0n) is 13.8. The molecule has 0 fully saturated rings. The third kappa shape index (κ3) is 2.31. The Morgan fingerprint density at radius 3 is 2.75 bits per heavy atom. The van der Waals surface area contributed by atoms with Crippen molar-refractivity contribution in [1.82, 2.24) is 19.3 Å². The van der Waals surface area contributed by atoms with Gasteiger partial charge in [0.15, 0.2) is 11.3 Å². The third-order valence-corrected chi connectivity index (χ3v) is 4.59. The van der Waals surface area contributed by atoms with E-state index in [0.717, 1.165) is 12.1 Å². The van der Waals surface area contributed by atoms with Crippen LogP contribution < -0.4 is 4.90 Å². The van der Waals surface area contributed by atoms with Crippen LogP contribution in [0.15, 0.2) is 49.1 Å². The van der Waals surface area contributed by atoms with Crippen molar-refractivity contribution in [3.63, 3.8) is 0 Å². The van der Waals surface area contributed by atoms with Crippen LogP contribution in [0.3, 0.4) is 0 Å². The standard InChI is InChI=1S/C18H19N5O/c1-13-11-21(2)15-6-4-3-5-14(15)12-23(13)18(24)16-17-20-8-10-22(17)9-7-19-16/h3-10,13H,11-12H2,1-2H3/t13-/m1/s1. The van der Waals surface area contributed by atoms with E-state index in [1.165, 1.54) is 5.69 Å². The van der Waals surface area contributed by atoms with Gasteiger partial charge in [-0.25, -0.2) is 9.97 Å². The maximum atomic E-state index is 13.2. The lowest BCUT2D eigenvalue weighted by atomic mass is 10.1. The summed E-state index contributed by atoms with van der Waals surface area (Å²) < 4.78 is 1.82. The van der Waals surface area contributed by atoms with Gasteiger partial charge in [-0.1, -0.05) is 18.2 Å². The quantitative estimate of drug-likeness (QED) is 0.689. The van der Waals surface area contributed by atoms with Gasteiger partial charge in [-0.3, -0.25) is 4.79 Å². The van der Waals surface area contributed by atoms with Crippen molar-refractivity contribution in [2.45, 2.75) is 19.5 Å². The van der Waals surface area contributed by atoms with Gasteiger partial charge in [-0.15, -0.1) is 0 Å². The number of likely N-dealkylation sites (N-methyl/N-ethyl adjacent to an activating group) is 1. The molecule has 0 saturated carbocycles. The fourth-order valence-corrected chi connectivity index (χ4v) is 3.36. The van der Waals surface area contributed by atoms with Gasteiger partial charge in [0.2, 0.25) is 0 Å². The molecule has 122 valence electrons. The summed E-state index contributed by atoms with van der Waals surface area (Å²) in [5, 5.41) is 0. The molecule has 0 saturated heterocycles. The molecular formula is C18H19N5O. The molecule has 0 aliphatic carbocycles. The molecule has 0 spiro atoms. The Morgan fingerprint density at radius 2 is 1.92 bits per heavy atom. The highest BCUT2D eigenvalue weighted by atomic mass is 16.2. The Kier molecular flexibility index (Phi) is 3.45. The molecule has 0 unspecified atom stereocenters. The van der Waals surface area contributed by atoms with Crippen LogP contribution in [0.5, 0.6) is 0 Å². The highest BCUT2D eigenvalue weighted by molar-refractivity contribution is 5.98. The van der Waals surface area contributed by atoms with Gasteiger partial charge in [-0.05, 0) is 18.6 Å². The Balaban J connectivity index is 1.75. The minimum atomic E-state index is -0.0793. The van der Waals surface area contributed by atoms with Crippen LogP contribution in [-0.4, -0.2) is 44.8 Å². The number of para-hydroxylation sites is 1. The van der Waals surface area contributed by atoms with Gasteiger partial charge >= 0.3 is 0 Å². The van der Waals surface area contributed by atoms with Crippen molar-refractivity contribution in [1.29, 1.82) is 0 Å².